The van der Waals surface area contributed by atoms with Crippen LogP contribution in [-0.2, 0) is 0 Å². The second kappa shape index (κ2) is 16.9. The van der Waals surface area contributed by atoms with Crippen LogP contribution < -0.4 is 14.2 Å². The molecular weight excluding hydrogens is 865 g/mol. The van der Waals surface area contributed by atoms with E-state index in [4.69, 9.17) is 14.2 Å². The molecule has 10 atom stereocenters. The quantitative estimate of drug-likeness (QED) is 0.131. The van der Waals surface area contributed by atoms with Gasteiger partial charge in [0.2, 0.25) is 0 Å². The Balaban J connectivity index is 1.15. The largest absolute Gasteiger partial charge is 0.507 e. The molecule has 0 radical (unpaired) electrons. The number of phenols is 2. The van der Waals surface area contributed by atoms with E-state index in [0.29, 0.717) is 85.6 Å². The summed E-state index contributed by atoms with van der Waals surface area (Å²) in [4.78, 5) is 54.6. The molecule has 0 amide bonds. The first-order valence-electron chi connectivity index (χ1n) is 25.1. The smallest absolute Gasteiger partial charge is 0.157 e. The number of hydrogen-bond acceptors (Lipinski definition) is 9. The summed E-state index contributed by atoms with van der Waals surface area (Å²) in [6.45, 7) is 22.6. The number of fused-ring (bicyclic) bond motifs is 6. The van der Waals surface area contributed by atoms with Gasteiger partial charge in [-0.25, -0.2) is 0 Å². The predicted octanol–water partition coefficient (Wildman–Crippen LogP) is 13.5. The van der Waals surface area contributed by atoms with Gasteiger partial charge in [-0.05, 0) is 124 Å². The summed E-state index contributed by atoms with van der Waals surface area (Å²) >= 11 is 0. The van der Waals surface area contributed by atoms with Gasteiger partial charge in [-0.1, -0.05) is 113 Å². The molecule has 69 heavy (non-hydrogen) atoms. The SMILES string of the molecule is C=C1CC[C@@H]2[C@@H](c3ccccc3)c3c(O)c(C=O)c(Oc4c(C=O)c(O)c5c(c4C=O)O[C@@]4(C)CC[C@H]6[C@@H](CC6(C)C)C(=C)CC[C@@H]4[C@H]5c4ccccc4)c(C=O)c3O[C@@]2(C)CC[C@H]2[C@H]1CC2(C)C. The Labute approximate surface area is 406 Å². The van der Waals surface area contributed by atoms with E-state index < -0.39 is 46.0 Å². The van der Waals surface area contributed by atoms with E-state index in [-0.39, 0.29) is 56.4 Å². The van der Waals surface area contributed by atoms with Crippen molar-refractivity contribution in [1.29, 1.82) is 0 Å². The molecule has 4 aromatic carbocycles. The second-order valence-electron chi connectivity index (χ2n) is 23.2. The Morgan fingerprint density at radius 3 is 1.23 bits per heavy atom. The summed E-state index contributed by atoms with van der Waals surface area (Å²) in [5.41, 5.74) is 2.31. The van der Waals surface area contributed by atoms with Gasteiger partial charge >= 0.3 is 0 Å². The molecule has 4 aromatic rings. The number of aromatic hydroxyl groups is 2. The normalized spacial score (nSPS) is 31.7. The van der Waals surface area contributed by atoms with Gasteiger partial charge < -0.3 is 24.4 Å². The van der Waals surface area contributed by atoms with Gasteiger partial charge in [0.05, 0.1) is 0 Å². The zero-order chi connectivity index (χ0) is 48.9. The van der Waals surface area contributed by atoms with Crippen LogP contribution in [0.4, 0.5) is 0 Å². The molecule has 2 heterocycles. The fourth-order valence-corrected chi connectivity index (χ4v) is 14.8. The van der Waals surface area contributed by atoms with E-state index in [9.17, 15) is 29.4 Å². The number of phenolic OH excluding ortho intramolecular Hbond substituents is 2. The van der Waals surface area contributed by atoms with Crippen LogP contribution in [0.1, 0.15) is 181 Å². The molecule has 0 bridgehead atoms. The van der Waals surface area contributed by atoms with E-state index in [2.05, 4.69) is 54.7 Å². The molecule has 10 rings (SSSR count). The molecule has 4 saturated carbocycles. The molecule has 9 nitrogen and oxygen atoms in total. The van der Waals surface area contributed by atoms with Crippen LogP contribution in [0.25, 0.3) is 0 Å². The molecule has 0 aromatic heterocycles. The summed E-state index contributed by atoms with van der Waals surface area (Å²) in [6.07, 6.45) is 9.99. The van der Waals surface area contributed by atoms with E-state index in [1.165, 1.54) is 11.1 Å². The molecule has 0 saturated heterocycles. The highest BCUT2D eigenvalue weighted by molar-refractivity contribution is 5.99. The number of benzene rings is 4. The Morgan fingerprint density at radius 1 is 0.536 bits per heavy atom. The second-order valence-corrected chi connectivity index (χ2v) is 23.2. The number of carbonyl (C=O) groups is 4. The summed E-state index contributed by atoms with van der Waals surface area (Å²) in [6, 6.07) is 19.6. The highest BCUT2D eigenvalue weighted by Crippen LogP contribution is 2.65. The lowest BCUT2D eigenvalue weighted by molar-refractivity contribution is -0.0397. The zero-order valence-electron chi connectivity index (χ0n) is 40.9. The number of hydrogen-bond donors (Lipinski definition) is 2. The van der Waals surface area contributed by atoms with Gasteiger partial charge in [0.1, 0.15) is 56.5 Å². The molecule has 4 aliphatic carbocycles. The third-order valence-electron chi connectivity index (χ3n) is 18.6. The minimum atomic E-state index is -0.853. The molecule has 360 valence electrons. The Hall–Kier alpha value is -5.96. The number of aldehydes is 4. The first-order chi connectivity index (χ1) is 32.9. The third kappa shape index (κ3) is 7.22. The maximum Gasteiger partial charge on any atom is 0.157 e. The predicted molar refractivity (Wildman–Crippen MR) is 265 cm³/mol. The van der Waals surface area contributed by atoms with Crippen molar-refractivity contribution >= 4 is 25.1 Å². The Morgan fingerprint density at radius 2 is 0.899 bits per heavy atom. The molecule has 9 heteroatoms. The van der Waals surface area contributed by atoms with Crippen LogP contribution in [0, 0.1) is 46.3 Å². The summed E-state index contributed by atoms with van der Waals surface area (Å²) in [7, 11) is 0. The van der Waals surface area contributed by atoms with Gasteiger partial charge in [0, 0.05) is 34.8 Å². The highest BCUT2D eigenvalue weighted by atomic mass is 16.5. The molecule has 2 aliphatic heterocycles. The van der Waals surface area contributed by atoms with Crippen molar-refractivity contribution in [2.75, 3.05) is 0 Å². The van der Waals surface area contributed by atoms with Crippen LogP contribution in [0.15, 0.2) is 85.0 Å². The third-order valence-corrected chi connectivity index (χ3v) is 18.6. The average molecular weight is 931 g/mol. The maximum atomic E-state index is 13.8. The van der Waals surface area contributed by atoms with E-state index >= 15 is 0 Å². The van der Waals surface area contributed by atoms with Crippen molar-refractivity contribution in [3.63, 3.8) is 0 Å². The van der Waals surface area contributed by atoms with E-state index in [0.717, 1.165) is 49.7 Å². The van der Waals surface area contributed by atoms with Crippen LogP contribution >= 0.6 is 0 Å². The molecular formula is C60H66O9. The standard InChI is InChI=1S/C60H66O9/c1-33-19-21-45-47(35-15-11-9-12-16-35)49-51(65)39(29-61)53(41(31-63)55(49)68-59(45,7)25-23-43-37(33)27-57(43,3)4)67-54-40(30-62)52(66)50-48(36-17-13-10-14-18-36)46-22-20-34(2)38-28-58(5,6)44(38)24-26-60(46,8)69-56(50)42(54)32-64/h9-18,29-32,37-38,43-48,65-66H,1-2,19-28H2,3-8H3/t37-,38-,43-,44-,45+,46+,47+,48+,59-,60-/m0/s1. The van der Waals surface area contributed by atoms with Gasteiger partial charge in [-0.3, -0.25) is 19.2 Å². The minimum Gasteiger partial charge on any atom is -0.507 e. The molecule has 2 N–H and O–H groups in total. The van der Waals surface area contributed by atoms with Gasteiger partial charge in [0.25, 0.3) is 0 Å². The summed E-state index contributed by atoms with van der Waals surface area (Å²) in [5.74, 6) is -1.34. The molecule has 0 unspecified atom stereocenters. The lowest BCUT2D eigenvalue weighted by Gasteiger charge is -2.53. The average Bonchev–Trinajstić information content (AvgIpc) is 3.39. The summed E-state index contributed by atoms with van der Waals surface area (Å²) in [5, 5.41) is 25.1. The molecule has 6 aliphatic rings. The number of allylic oxidation sites excluding steroid dienone is 2. The van der Waals surface area contributed by atoms with Crippen LogP contribution in [-0.4, -0.2) is 46.6 Å². The van der Waals surface area contributed by atoms with E-state index in [1.54, 1.807) is 0 Å². The van der Waals surface area contributed by atoms with Gasteiger partial charge in [-0.2, -0.15) is 0 Å². The number of rotatable bonds is 8. The lowest BCUT2D eigenvalue weighted by Crippen LogP contribution is -2.49. The fourth-order valence-electron chi connectivity index (χ4n) is 14.8. The van der Waals surface area contributed by atoms with Crippen molar-refractivity contribution in [3.05, 3.63) is 129 Å². The zero-order valence-corrected chi connectivity index (χ0v) is 40.9. The van der Waals surface area contributed by atoms with Crippen molar-refractivity contribution in [1.82, 2.24) is 0 Å². The Kier molecular flexibility index (Phi) is 11.4. The van der Waals surface area contributed by atoms with E-state index in [1.807, 2.05) is 60.7 Å². The van der Waals surface area contributed by atoms with Gasteiger partial charge in [-0.15, -0.1) is 0 Å². The monoisotopic (exact) mass is 930 g/mol. The van der Waals surface area contributed by atoms with Crippen molar-refractivity contribution in [2.24, 2.45) is 46.3 Å². The van der Waals surface area contributed by atoms with Crippen LogP contribution in [0.5, 0.6) is 34.5 Å². The molecule has 4 fully saturated rings. The first kappa shape index (κ1) is 46.8. The number of ether oxygens (including phenoxy) is 3. The van der Waals surface area contributed by atoms with Crippen molar-refractivity contribution < 1.29 is 43.6 Å². The van der Waals surface area contributed by atoms with Crippen molar-refractivity contribution in [2.45, 2.75) is 129 Å². The number of carbonyl (C=O) groups excluding carboxylic acids is 4. The Bertz CT molecular complexity index is 2600. The van der Waals surface area contributed by atoms with Crippen LogP contribution in [0.3, 0.4) is 0 Å². The lowest BCUT2D eigenvalue weighted by atomic mass is 9.52. The topological polar surface area (TPSA) is 136 Å². The van der Waals surface area contributed by atoms with Crippen LogP contribution in [0.2, 0.25) is 0 Å². The van der Waals surface area contributed by atoms with Gasteiger partial charge in [0.15, 0.2) is 36.6 Å². The minimum absolute atomic E-state index is 0.0702. The first-order valence-corrected chi connectivity index (χ1v) is 25.1. The summed E-state index contributed by atoms with van der Waals surface area (Å²) < 4.78 is 21.0. The van der Waals surface area contributed by atoms with Crippen molar-refractivity contribution in [3.8, 4) is 34.5 Å². The molecule has 0 spiro atoms. The highest BCUT2D eigenvalue weighted by Gasteiger charge is 2.57. The fraction of sp³-hybridized carbons (Fsp3) is 0.467. The maximum absolute atomic E-state index is 13.8.